The lowest BCUT2D eigenvalue weighted by Crippen LogP contribution is -2.49. The third kappa shape index (κ3) is 3.97. The molecule has 0 fully saturated rings. The highest BCUT2D eigenvalue weighted by atomic mass is 35.5. The van der Waals surface area contributed by atoms with E-state index in [0.717, 1.165) is 0 Å². The number of ketones is 1. The Morgan fingerprint density at radius 1 is 1.32 bits per heavy atom. The number of pyridine rings is 1. The summed E-state index contributed by atoms with van der Waals surface area (Å²) >= 11 is 5.93. The maximum atomic E-state index is 11.9. The van der Waals surface area contributed by atoms with Crippen molar-refractivity contribution in [3.05, 3.63) is 28.5 Å². The number of hydrogen-bond acceptors (Lipinski definition) is 3. The summed E-state index contributed by atoms with van der Waals surface area (Å²) in [6.45, 7) is 10.7. The molecule has 0 saturated heterocycles. The molecule has 1 rings (SSSR count). The van der Waals surface area contributed by atoms with Gasteiger partial charge in [-0.3, -0.25) is 14.7 Å². The van der Waals surface area contributed by atoms with Crippen molar-refractivity contribution in [2.75, 3.05) is 0 Å². The summed E-state index contributed by atoms with van der Waals surface area (Å²) in [6.07, 6.45) is 0.402. The van der Waals surface area contributed by atoms with Crippen LogP contribution in [0.4, 0.5) is 4.79 Å². The van der Waals surface area contributed by atoms with Crippen LogP contribution in [0.1, 0.15) is 63.6 Å². The van der Waals surface area contributed by atoms with E-state index in [1.807, 2.05) is 34.6 Å². The Hall–Kier alpha value is -1.62. The maximum Gasteiger partial charge on any atom is 0.408 e. The minimum absolute atomic E-state index is 0.0536. The number of halogens is 1. The van der Waals surface area contributed by atoms with E-state index in [-0.39, 0.29) is 11.7 Å². The maximum absolute atomic E-state index is 11.9. The van der Waals surface area contributed by atoms with E-state index in [1.165, 1.54) is 18.0 Å². The van der Waals surface area contributed by atoms with Gasteiger partial charge in [-0.15, -0.1) is 0 Å². The minimum atomic E-state index is -1.04. The molecule has 6 heteroatoms. The Kier molecular flexibility index (Phi) is 5.57. The van der Waals surface area contributed by atoms with Crippen molar-refractivity contribution < 1.29 is 14.7 Å². The van der Waals surface area contributed by atoms with Gasteiger partial charge in [0.05, 0.1) is 16.8 Å². The number of hydrogen-bond donors (Lipinski definition) is 1. The molecule has 22 heavy (non-hydrogen) atoms. The Morgan fingerprint density at radius 2 is 1.86 bits per heavy atom. The zero-order valence-electron chi connectivity index (χ0n) is 13.8. The highest BCUT2D eigenvalue weighted by Crippen LogP contribution is 2.35. The lowest BCUT2D eigenvalue weighted by atomic mass is 9.90. The van der Waals surface area contributed by atoms with Gasteiger partial charge < -0.3 is 5.11 Å². The number of carboxylic acid groups (broad SMARTS) is 1. The van der Waals surface area contributed by atoms with Gasteiger partial charge >= 0.3 is 6.09 Å². The summed E-state index contributed by atoms with van der Waals surface area (Å²) in [4.78, 5) is 29.4. The Morgan fingerprint density at radius 3 is 2.23 bits per heavy atom. The number of carbonyl (C=O) groups is 2. The van der Waals surface area contributed by atoms with Crippen molar-refractivity contribution in [1.82, 2.24) is 9.88 Å². The van der Waals surface area contributed by atoms with Gasteiger partial charge in [0.15, 0.2) is 5.78 Å². The van der Waals surface area contributed by atoms with Crippen molar-refractivity contribution >= 4 is 23.5 Å². The molecule has 0 aliphatic heterocycles. The van der Waals surface area contributed by atoms with E-state index in [4.69, 9.17) is 11.6 Å². The first-order valence-electron chi connectivity index (χ1n) is 7.15. The van der Waals surface area contributed by atoms with E-state index in [2.05, 4.69) is 4.98 Å². The number of amides is 1. The molecule has 0 radical (unpaired) electrons. The number of rotatable bonds is 4. The van der Waals surface area contributed by atoms with Gasteiger partial charge in [0.25, 0.3) is 0 Å². The van der Waals surface area contributed by atoms with Crippen LogP contribution < -0.4 is 0 Å². The van der Waals surface area contributed by atoms with Crippen LogP contribution in [0.25, 0.3) is 0 Å². The Balaban J connectivity index is 3.57. The van der Waals surface area contributed by atoms with Crippen LogP contribution in [-0.4, -0.2) is 32.4 Å². The molecule has 0 aliphatic carbocycles. The minimum Gasteiger partial charge on any atom is -0.465 e. The molecule has 1 atom stereocenters. The Bertz CT molecular complexity index is 579. The average molecular weight is 327 g/mol. The van der Waals surface area contributed by atoms with Crippen molar-refractivity contribution in [1.29, 1.82) is 0 Å². The monoisotopic (exact) mass is 326 g/mol. The zero-order chi connectivity index (χ0) is 17.2. The van der Waals surface area contributed by atoms with Gasteiger partial charge in [-0.1, -0.05) is 25.4 Å². The van der Waals surface area contributed by atoms with Crippen LogP contribution in [0.3, 0.4) is 0 Å². The lowest BCUT2D eigenvalue weighted by Gasteiger charge is -2.41. The number of carbonyl (C=O) groups excluding carboxylic acids is 1. The molecule has 0 aromatic carbocycles. The van der Waals surface area contributed by atoms with Gasteiger partial charge in [0, 0.05) is 17.3 Å². The summed E-state index contributed by atoms with van der Waals surface area (Å²) in [5, 5.41) is 10.0. The van der Waals surface area contributed by atoms with Crippen molar-refractivity contribution in [2.45, 2.75) is 53.1 Å². The lowest BCUT2D eigenvalue weighted by molar-refractivity contribution is 0.0512. The van der Waals surface area contributed by atoms with Gasteiger partial charge in [-0.25, -0.2) is 4.79 Å². The van der Waals surface area contributed by atoms with Crippen molar-refractivity contribution in [2.24, 2.45) is 5.92 Å². The molecule has 122 valence electrons. The van der Waals surface area contributed by atoms with E-state index in [1.54, 1.807) is 6.07 Å². The highest BCUT2D eigenvalue weighted by Gasteiger charge is 2.38. The highest BCUT2D eigenvalue weighted by molar-refractivity contribution is 6.30. The molecular formula is C16H23ClN2O3. The van der Waals surface area contributed by atoms with Gasteiger partial charge in [-0.05, 0) is 39.7 Å². The molecule has 1 amide bonds. The van der Waals surface area contributed by atoms with Crippen molar-refractivity contribution in [3.63, 3.8) is 0 Å². The van der Waals surface area contributed by atoms with E-state index in [0.29, 0.717) is 16.3 Å². The summed E-state index contributed by atoms with van der Waals surface area (Å²) < 4.78 is 0. The molecule has 1 N–H and O–H groups in total. The fraction of sp³-hybridized carbons (Fsp3) is 0.562. The third-order valence-electron chi connectivity index (χ3n) is 3.38. The first-order valence-corrected chi connectivity index (χ1v) is 7.53. The fourth-order valence-electron chi connectivity index (χ4n) is 2.53. The summed E-state index contributed by atoms with van der Waals surface area (Å²) in [5.74, 6) is -0.239. The predicted octanol–water partition coefficient (Wildman–Crippen LogP) is 4.41. The average Bonchev–Trinajstić information content (AvgIpc) is 2.33. The molecular weight excluding hydrogens is 304 g/mol. The number of nitrogens with zero attached hydrogens (tertiary/aromatic N) is 2. The number of Topliss-reactive ketones (excluding diaryl/α,β-unsaturated/α-hetero) is 1. The molecule has 1 unspecified atom stereocenters. The molecule has 0 saturated carbocycles. The normalized spacial score (nSPS) is 13.1. The summed E-state index contributed by atoms with van der Waals surface area (Å²) in [5.41, 5.74) is 0.182. The van der Waals surface area contributed by atoms with E-state index in [9.17, 15) is 14.7 Å². The van der Waals surface area contributed by atoms with Crippen LogP contribution in [0.15, 0.2) is 12.3 Å². The third-order valence-corrected chi connectivity index (χ3v) is 3.59. The largest absolute Gasteiger partial charge is 0.465 e. The molecule has 1 aromatic heterocycles. The second kappa shape index (κ2) is 6.65. The molecule has 1 aromatic rings. The summed E-state index contributed by atoms with van der Waals surface area (Å²) in [7, 11) is 0. The van der Waals surface area contributed by atoms with Gasteiger partial charge in [-0.2, -0.15) is 0 Å². The molecule has 1 heterocycles. The quantitative estimate of drug-likeness (QED) is 0.832. The summed E-state index contributed by atoms with van der Waals surface area (Å²) in [6, 6.07) is 1.01. The zero-order valence-corrected chi connectivity index (χ0v) is 14.6. The Labute approximate surface area is 136 Å². The molecule has 0 aliphatic rings. The van der Waals surface area contributed by atoms with Gasteiger partial charge in [0.2, 0.25) is 0 Å². The second-order valence-electron chi connectivity index (χ2n) is 6.65. The second-order valence-corrected chi connectivity index (χ2v) is 7.09. The number of aromatic nitrogens is 1. The molecule has 0 bridgehead atoms. The predicted molar refractivity (Wildman–Crippen MR) is 86.4 cm³/mol. The topological polar surface area (TPSA) is 70.5 Å². The van der Waals surface area contributed by atoms with Crippen LogP contribution in [0.2, 0.25) is 5.02 Å². The van der Waals surface area contributed by atoms with E-state index >= 15 is 0 Å². The van der Waals surface area contributed by atoms with E-state index < -0.39 is 17.7 Å². The van der Waals surface area contributed by atoms with Crippen LogP contribution in [0, 0.1) is 5.92 Å². The van der Waals surface area contributed by atoms with Crippen LogP contribution in [-0.2, 0) is 0 Å². The van der Waals surface area contributed by atoms with Crippen molar-refractivity contribution in [3.8, 4) is 0 Å². The van der Waals surface area contributed by atoms with Crippen LogP contribution >= 0.6 is 11.6 Å². The standard InChI is InChI=1S/C16H23ClN2O3/c1-9(2)14(19(15(21)22)16(4,5)6)13-12(10(3)20)7-11(17)8-18-13/h7-9,14H,1-6H3,(H,21,22). The van der Waals surface area contributed by atoms with Crippen LogP contribution in [0.5, 0.6) is 0 Å². The molecule has 5 nitrogen and oxygen atoms in total. The van der Waals surface area contributed by atoms with Gasteiger partial charge in [0.1, 0.15) is 0 Å². The SMILES string of the molecule is CC(=O)c1cc(Cl)cnc1C(C(C)C)N(C(=O)O)C(C)(C)C. The first kappa shape index (κ1) is 18.4. The fourth-order valence-corrected chi connectivity index (χ4v) is 2.68. The smallest absolute Gasteiger partial charge is 0.408 e. The molecule has 0 spiro atoms. The first-order chi connectivity index (χ1) is 9.96.